The van der Waals surface area contributed by atoms with Gasteiger partial charge in [0.05, 0.1) is 6.61 Å². The molecule has 0 aliphatic heterocycles. The van der Waals surface area contributed by atoms with Crippen molar-refractivity contribution in [2.24, 2.45) is 5.92 Å². The van der Waals surface area contributed by atoms with Gasteiger partial charge in [-0.05, 0) is 55.8 Å². The summed E-state index contributed by atoms with van der Waals surface area (Å²) in [7, 11) is 0. The van der Waals surface area contributed by atoms with Gasteiger partial charge in [0.1, 0.15) is 5.75 Å². The SMILES string of the molecule is CCCCOc1ccc(C(NCCC)C2CCCC2)cc1. The minimum atomic E-state index is 0.525. The number of ether oxygens (including phenoxy) is 1. The molecular formula is C19H31NO. The van der Waals surface area contributed by atoms with Gasteiger partial charge < -0.3 is 10.1 Å². The molecule has 1 aromatic rings. The largest absolute Gasteiger partial charge is 0.494 e. The summed E-state index contributed by atoms with van der Waals surface area (Å²) in [6, 6.07) is 9.32. The fourth-order valence-electron chi connectivity index (χ4n) is 3.25. The molecule has 0 saturated heterocycles. The molecule has 1 N–H and O–H groups in total. The highest BCUT2D eigenvalue weighted by atomic mass is 16.5. The summed E-state index contributed by atoms with van der Waals surface area (Å²) in [6.45, 7) is 6.37. The van der Waals surface area contributed by atoms with Crippen LogP contribution >= 0.6 is 0 Å². The van der Waals surface area contributed by atoms with Crippen molar-refractivity contribution in [3.8, 4) is 5.75 Å². The highest BCUT2D eigenvalue weighted by Gasteiger charge is 2.25. The van der Waals surface area contributed by atoms with Gasteiger partial charge in [0, 0.05) is 6.04 Å². The topological polar surface area (TPSA) is 21.3 Å². The lowest BCUT2D eigenvalue weighted by Gasteiger charge is -2.25. The third-order valence-corrected chi connectivity index (χ3v) is 4.49. The van der Waals surface area contributed by atoms with Crippen molar-refractivity contribution in [1.29, 1.82) is 0 Å². The molecule has 2 nitrogen and oxygen atoms in total. The van der Waals surface area contributed by atoms with E-state index < -0.39 is 0 Å². The second-order valence-corrected chi connectivity index (χ2v) is 6.25. The third kappa shape index (κ3) is 5.03. The first kappa shape index (κ1) is 16.4. The molecular weight excluding hydrogens is 258 g/mol. The smallest absolute Gasteiger partial charge is 0.119 e. The summed E-state index contributed by atoms with van der Waals surface area (Å²) in [4.78, 5) is 0. The second-order valence-electron chi connectivity index (χ2n) is 6.25. The summed E-state index contributed by atoms with van der Waals surface area (Å²) in [5.41, 5.74) is 1.43. The van der Waals surface area contributed by atoms with Crippen molar-refractivity contribution in [1.82, 2.24) is 5.32 Å². The lowest BCUT2D eigenvalue weighted by molar-refractivity contribution is 0.309. The first-order valence-corrected chi connectivity index (χ1v) is 8.81. The van der Waals surface area contributed by atoms with Gasteiger partial charge in [0.15, 0.2) is 0 Å². The first-order chi connectivity index (χ1) is 10.3. The molecule has 0 radical (unpaired) electrons. The van der Waals surface area contributed by atoms with E-state index in [1.807, 2.05) is 0 Å². The van der Waals surface area contributed by atoms with Crippen molar-refractivity contribution in [2.75, 3.05) is 13.2 Å². The third-order valence-electron chi connectivity index (χ3n) is 4.49. The van der Waals surface area contributed by atoms with Crippen molar-refractivity contribution in [3.63, 3.8) is 0 Å². The highest BCUT2D eigenvalue weighted by Crippen LogP contribution is 2.36. The van der Waals surface area contributed by atoms with Crippen LogP contribution in [0.5, 0.6) is 5.75 Å². The molecule has 0 amide bonds. The van der Waals surface area contributed by atoms with Crippen molar-refractivity contribution in [3.05, 3.63) is 29.8 Å². The maximum absolute atomic E-state index is 5.77. The van der Waals surface area contributed by atoms with Crippen LogP contribution in [0.25, 0.3) is 0 Å². The van der Waals surface area contributed by atoms with E-state index in [0.717, 1.165) is 31.2 Å². The van der Waals surface area contributed by atoms with Crippen LogP contribution < -0.4 is 10.1 Å². The zero-order chi connectivity index (χ0) is 14.9. The van der Waals surface area contributed by atoms with E-state index in [-0.39, 0.29) is 0 Å². The summed E-state index contributed by atoms with van der Waals surface area (Å²) in [5.74, 6) is 1.82. The van der Waals surface area contributed by atoms with Crippen LogP contribution in [0, 0.1) is 5.92 Å². The molecule has 1 aliphatic carbocycles. The standard InChI is InChI=1S/C19H31NO/c1-3-5-15-21-18-12-10-17(11-13-18)19(20-14-4-2)16-8-6-7-9-16/h10-13,16,19-20H,3-9,14-15H2,1-2H3. The minimum Gasteiger partial charge on any atom is -0.494 e. The Balaban J connectivity index is 1.98. The van der Waals surface area contributed by atoms with Crippen LogP contribution in [0.1, 0.15) is 70.4 Å². The number of unbranched alkanes of at least 4 members (excludes halogenated alkanes) is 1. The maximum atomic E-state index is 5.77. The monoisotopic (exact) mass is 289 g/mol. The Hall–Kier alpha value is -1.02. The Kier molecular flexibility index (Phi) is 7.08. The van der Waals surface area contributed by atoms with Crippen LogP contribution in [-0.4, -0.2) is 13.2 Å². The minimum absolute atomic E-state index is 0.525. The van der Waals surface area contributed by atoms with Crippen LogP contribution in [0.4, 0.5) is 0 Å². The van der Waals surface area contributed by atoms with Crippen molar-refractivity contribution >= 4 is 0 Å². The predicted octanol–water partition coefficient (Wildman–Crippen LogP) is 5.10. The van der Waals surface area contributed by atoms with Crippen LogP contribution in [0.2, 0.25) is 0 Å². The molecule has 1 aromatic carbocycles. The normalized spacial score (nSPS) is 17.0. The molecule has 0 spiro atoms. The van der Waals surface area contributed by atoms with Gasteiger partial charge in [-0.1, -0.05) is 45.2 Å². The van der Waals surface area contributed by atoms with Crippen molar-refractivity contribution in [2.45, 2.75) is 64.8 Å². The van der Waals surface area contributed by atoms with E-state index in [4.69, 9.17) is 4.74 Å². The van der Waals surface area contributed by atoms with Gasteiger partial charge in [-0.15, -0.1) is 0 Å². The van der Waals surface area contributed by atoms with Crippen molar-refractivity contribution < 1.29 is 4.74 Å². The van der Waals surface area contributed by atoms with E-state index in [9.17, 15) is 0 Å². The Morgan fingerprint density at radius 2 is 1.81 bits per heavy atom. The molecule has 118 valence electrons. The molecule has 0 bridgehead atoms. The van der Waals surface area contributed by atoms with Gasteiger partial charge in [0.2, 0.25) is 0 Å². The van der Waals surface area contributed by atoms with Gasteiger partial charge in [-0.3, -0.25) is 0 Å². The lowest BCUT2D eigenvalue weighted by Crippen LogP contribution is -2.27. The molecule has 0 heterocycles. The second kappa shape index (κ2) is 9.09. The van der Waals surface area contributed by atoms with Gasteiger partial charge >= 0.3 is 0 Å². The average Bonchev–Trinajstić information content (AvgIpc) is 3.03. The number of hydrogen-bond acceptors (Lipinski definition) is 2. The van der Waals surface area contributed by atoms with E-state index in [1.54, 1.807) is 0 Å². The molecule has 1 saturated carbocycles. The Bertz CT molecular complexity index is 381. The van der Waals surface area contributed by atoms with Gasteiger partial charge in [0.25, 0.3) is 0 Å². The molecule has 0 aromatic heterocycles. The highest BCUT2D eigenvalue weighted by molar-refractivity contribution is 5.29. The van der Waals surface area contributed by atoms with E-state index >= 15 is 0 Å². The predicted molar refractivity (Wildman–Crippen MR) is 89.8 cm³/mol. The van der Waals surface area contributed by atoms with E-state index in [1.165, 1.54) is 44.1 Å². The molecule has 2 heteroatoms. The molecule has 21 heavy (non-hydrogen) atoms. The fraction of sp³-hybridized carbons (Fsp3) is 0.684. The average molecular weight is 289 g/mol. The van der Waals surface area contributed by atoms with E-state index in [2.05, 4.69) is 43.4 Å². The number of benzene rings is 1. The van der Waals surface area contributed by atoms with Gasteiger partial charge in [-0.25, -0.2) is 0 Å². The van der Waals surface area contributed by atoms with Crippen LogP contribution in [0.3, 0.4) is 0 Å². The summed E-state index contributed by atoms with van der Waals surface area (Å²) >= 11 is 0. The quantitative estimate of drug-likeness (QED) is 0.639. The Morgan fingerprint density at radius 1 is 1.10 bits per heavy atom. The summed E-state index contributed by atoms with van der Waals surface area (Å²) in [6.07, 6.45) is 9.04. The Labute approximate surface area is 130 Å². The summed E-state index contributed by atoms with van der Waals surface area (Å²) < 4.78 is 5.77. The first-order valence-electron chi connectivity index (χ1n) is 8.81. The maximum Gasteiger partial charge on any atom is 0.119 e. The Morgan fingerprint density at radius 3 is 2.43 bits per heavy atom. The molecule has 1 unspecified atom stereocenters. The van der Waals surface area contributed by atoms with Crippen LogP contribution in [-0.2, 0) is 0 Å². The summed E-state index contributed by atoms with van der Waals surface area (Å²) in [5, 5.41) is 3.76. The van der Waals surface area contributed by atoms with Crippen LogP contribution in [0.15, 0.2) is 24.3 Å². The van der Waals surface area contributed by atoms with E-state index in [0.29, 0.717) is 6.04 Å². The molecule has 1 atom stereocenters. The molecule has 1 aliphatic rings. The zero-order valence-corrected chi connectivity index (χ0v) is 13.7. The lowest BCUT2D eigenvalue weighted by atomic mass is 9.91. The molecule has 2 rings (SSSR count). The molecule has 1 fully saturated rings. The number of hydrogen-bond donors (Lipinski definition) is 1. The fourth-order valence-corrected chi connectivity index (χ4v) is 3.25. The number of nitrogens with one attached hydrogen (secondary N) is 1. The van der Waals surface area contributed by atoms with Gasteiger partial charge in [-0.2, -0.15) is 0 Å². The number of rotatable bonds is 9. The zero-order valence-electron chi connectivity index (χ0n) is 13.7.